The van der Waals surface area contributed by atoms with Crippen molar-refractivity contribution in [2.24, 2.45) is 0 Å². The average Bonchev–Trinajstić information content (AvgIpc) is 3.33. The first-order valence-corrected chi connectivity index (χ1v) is 10.3. The molecule has 1 unspecified atom stereocenters. The number of carbonyl (C=O) groups is 1. The fourth-order valence-corrected chi connectivity index (χ4v) is 3.73. The van der Waals surface area contributed by atoms with Crippen molar-refractivity contribution in [2.45, 2.75) is 19.5 Å². The highest BCUT2D eigenvalue weighted by Gasteiger charge is 2.24. The molecule has 1 amide bonds. The summed E-state index contributed by atoms with van der Waals surface area (Å²) in [6.07, 6.45) is 3.14. The van der Waals surface area contributed by atoms with Gasteiger partial charge in [-0.3, -0.25) is 9.69 Å². The number of ether oxygens (including phenoxy) is 1. The number of hydrogen-bond donors (Lipinski definition) is 0. The maximum atomic E-state index is 13.5. The zero-order valence-electron chi connectivity index (χ0n) is 17.2. The van der Waals surface area contributed by atoms with E-state index in [9.17, 15) is 4.79 Å². The van der Waals surface area contributed by atoms with Crippen molar-refractivity contribution >= 4 is 5.91 Å². The zero-order valence-corrected chi connectivity index (χ0v) is 17.2. The predicted octanol–water partition coefficient (Wildman–Crippen LogP) is 2.63. The Morgan fingerprint density at radius 1 is 1.10 bits per heavy atom. The maximum absolute atomic E-state index is 13.5. The van der Waals surface area contributed by atoms with E-state index in [4.69, 9.17) is 4.74 Å². The van der Waals surface area contributed by atoms with Crippen LogP contribution in [-0.2, 0) is 11.3 Å². The molecule has 1 fully saturated rings. The van der Waals surface area contributed by atoms with E-state index < -0.39 is 0 Å². The monoisotopic (exact) mass is 405 g/mol. The van der Waals surface area contributed by atoms with Crippen LogP contribution in [0.1, 0.15) is 22.8 Å². The highest BCUT2D eigenvalue weighted by atomic mass is 16.5. The summed E-state index contributed by atoms with van der Waals surface area (Å²) in [6, 6.07) is 17.7. The molecule has 0 aliphatic carbocycles. The summed E-state index contributed by atoms with van der Waals surface area (Å²) in [5.74, 6) is 0.0322. The van der Waals surface area contributed by atoms with Crippen LogP contribution in [0.4, 0.5) is 0 Å². The highest BCUT2D eigenvalue weighted by Crippen LogP contribution is 2.17. The Hall–Kier alpha value is -3.03. The molecule has 7 heteroatoms. The van der Waals surface area contributed by atoms with Crippen molar-refractivity contribution in [1.82, 2.24) is 24.6 Å². The lowest BCUT2D eigenvalue weighted by molar-refractivity contribution is 0.0228. The Kier molecular flexibility index (Phi) is 6.51. The molecule has 0 spiro atoms. The molecule has 0 saturated carbocycles. The van der Waals surface area contributed by atoms with E-state index in [0.29, 0.717) is 12.1 Å². The molecule has 0 bridgehead atoms. The van der Waals surface area contributed by atoms with Crippen molar-refractivity contribution < 1.29 is 9.53 Å². The number of nitrogens with zero attached hydrogens (tertiary/aromatic N) is 5. The van der Waals surface area contributed by atoms with E-state index in [0.717, 1.165) is 44.1 Å². The van der Waals surface area contributed by atoms with Crippen LogP contribution in [-0.4, -0.2) is 69.4 Å². The number of benzene rings is 2. The molecule has 2 heterocycles. The first-order valence-electron chi connectivity index (χ1n) is 10.3. The third-order valence-electron chi connectivity index (χ3n) is 5.41. The fourth-order valence-electron chi connectivity index (χ4n) is 3.73. The van der Waals surface area contributed by atoms with Crippen molar-refractivity contribution in [3.05, 3.63) is 78.4 Å². The minimum Gasteiger partial charge on any atom is -0.379 e. The topological polar surface area (TPSA) is 63.5 Å². The second-order valence-corrected chi connectivity index (χ2v) is 7.57. The SMILES string of the molecule is CC(CN1CCOCC1)N(Cc1ccccc1)C(=O)c1ccc(-n2cncn2)cc1. The van der Waals surface area contributed by atoms with Gasteiger partial charge in [-0.05, 0) is 36.8 Å². The lowest BCUT2D eigenvalue weighted by Crippen LogP contribution is -2.48. The van der Waals surface area contributed by atoms with Gasteiger partial charge in [-0.15, -0.1) is 0 Å². The third-order valence-corrected chi connectivity index (χ3v) is 5.41. The van der Waals surface area contributed by atoms with Gasteiger partial charge in [0, 0.05) is 37.8 Å². The molecule has 0 N–H and O–H groups in total. The second kappa shape index (κ2) is 9.65. The predicted molar refractivity (Wildman–Crippen MR) is 114 cm³/mol. The highest BCUT2D eigenvalue weighted by molar-refractivity contribution is 5.94. The number of aromatic nitrogens is 3. The first-order chi connectivity index (χ1) is 14.7. The largest absolute Gasteiger partial charge is 0.379 e. The zero-order chi connectivity index (χ0) is 20.8. The van der Waals surface area contributed by atoms with Crippen LogP contribution >= 0.6 is 0 Å². The van der Waals surface area contributed by atoms with Gasteiger partial charge in [-0.2, -0.15) is 5.10 Å². The molecule has 3 aromatic rings. The molecule has 1 aliphatic heterocycles. The van der Waals surface area contributed by atoms with E-state index >= 15 is 0 Å². The molecular weight excluding hydrogens is 378 g/mol. The summed E-state index contributed by atoms with van der Waals surface area (Å²) in [4.78, 5) is 21.8. The summed E-state index contributed by atoms with van der Waals surface area (Å²) in [6.45, 7) is 6.86. The van der Waals surface area contributed by atoms with Crippen LogP contribution in [0.2, 0.25) is 0 Å². The van der Waals surface area contributed by atoms with Crippen LogP contribution in [0.15, 0.2) is 67.3 Å². The Bertz CT molecular complexity index is 922. The minimum atomic E-state index is 0.0322. The van der Waals surface area contributed by atoms with Gasteiger partial charge in [0.15, 0.2) is 0 Å². The Morgan fingerprint density at radius 3 is 2.50 bits per heavy atom. The second-order valence-electron chi connectivity index (χ2n) is 7.57. The van der Waals surface area contributed by atoms with E-state index in [-0.39, 0.29) is 11.9 Å². The van der Waals surface area contributed by atoms with Crippen molar-refractivity contribution in [2.75, 3.05) is 32.8 Å². The van der Waals surface area contributed by atoms with E-state index in [1.807, 2.05) is 47.4 Å². The molecule has 0 radical (unpaired) electrons. The molecule has 1 aliphatic rings. The molecule has 1 atom stereocenters. The van der Waals surface area contributed by atoms with Gasteiger partial charge in [0.05, 0.1) is 18.9 Å². The molecule has 1 aromatic heterocycles. The molecule has 7 nitrogen and oxygen atoms in total. The molecular formula is C23H27N5O2. The van der Waals surface area contributed by atoms with Crippen molar-refractivity contribution in [3.8, 4) is 5.69 Å². The van der Waals surface area contributed by atoms with Crippen LogP contribution in [0.3, 0.4) is 0 Å². The Morgan fingerprint density at radius 2 is 1.83 bits per heavy atom. The van der Waals surface area contributed by atoms with Gasteiger partial charge in [0.2, 0.25) is 0 Å². The standard InChI is InChI=1S/C23H27N5O2/c1-19(15-26-11-13-30-14-12-26)27(16-20-5-3-2-4-6-20)23(29)21-7-9-22(10-8-21)28-18-24-17-25-28/h2-10,17-19H,11-16H2,1H3. The number of rotatable bonds is 7. The van der Waals surface area contributed by atoms with Crippen molar-refractivity contribution in [3.63, 3.8) is 0 Å². The first kappa shape index (κ1) is 20.3. The van der Waals surface area contributed by atoms with Crippen molar-refractivity contribution in [1.29, 1.82) is 0 Å². The number of hydrogen-bond acceptors (Lipinski definition) is 5. The molecule has 4 rings (SSSR count). The van der Waals surface area contributed by atoms with Crippen LogP contribution in [0.25, 0.3) is 5.69 Å². The average molecular weight is 406 g/mol. The van der Waals surface area contributed by atoms with Gasteiger partial charge in [0.1, 0.15) is 12.7 Å². The smallest absolute Gasteiger partial charge is 0.254 e. The Balaban J connectivity index is 1.53. The van der Waals surface area contributed by atoms with Crippen LogP contribution in [0.5, 0.6) is 0 Å². The van der Waals surface area contributed by atoms with E-state index in [1.54, 1.807) is 11.0 Å². The molecule has 1 saturated heterocycles. The summed E-state index contributed by atoms with van der Waals surface area (Å²) < 4.78 is 7.14. The third kappa shape index (κ3) is 4.93. The van der Waals surface area contributed by atoms with Gasteiger partial charge < -0.3 is 9.64 Å². The lowest BCUT2D eigenvalue weighted by atomic mass is 10.1. The maximum Gasteiger partial charge on any atom is 0.254 e. The summed E-state index contributed by atoms with van der Waals surface area (Å²) in [7, 11) is 0. The number of carbonyl (C=O) groups excluding carboxylic acids is 1. The molecule has 156 valence electrons. The Labute approximate surface area is 176 Å². The number of amides is 1. The molecule has 30 heavy (non-hydrogen) atoms. The normalized spacial score (nSPS) is 15.6. The lowest BCUT2D eigenvalue weighted by Gasteiger charge is -2.35. The van der Waals surface area contributed by atoms with E-state index in [2.05, 4.69) is 34.0 Å². The number of morpholine rings is 1. The van der Waals surface area contributed by atoms with Gasteiger partial charge in [0.25, 0.3) is 5.91 Å². The van der Waals surface area contributed by atoms with Crippen LogP contribution in [0, 0.1) is 0 Å². The molecule has 2 aromatic carbocycles. The summed E-state index contributed by atoms with van der Waals surface area (Å²) >= 11 is 0. The van der Waals surface area contributed by atoms with Gasteiger partial charge in [-0.25, -0.2) is 9.67 Å². The summed E-state index contributed by atoms with van der Waals surface area (Å²) in [5, 5.41) is 4.14. The van der Waals surface area contributed by atoms with Crippen LogP contribution < -0.4 is 0 Å². The minimum absolute atomic E-state index is 0.0322. The van der Waals surface area contributed by atoms with Gasteiger partial charge >= 0.3 is 0 Å². The van der Waals surface area contributed by atoms with E-state index in [1.165, 1.54) is 6.33 Å². The van der Waals surface area contributed by atoms with Gasteiger partial charge in [-0.1, -0.05) is 30.3 Å². The quantitative estimate of drug-likeness (QED) is 0.605. The fraction of sp³-hybridized carbons (Fsp3) is 0.348. The summed E-state index contributed by atoms with van der Waals surface area (Å²) in [5.41, 5.74) is 2.67.